The summed E-state index contributed by atoms with van der Waals surface area (Å²) in [6.07, 6.45) is 41.0. The molecule has 1 aliphatic rings. The van der Waals surface area contributed by atoms with Crippen LogP contribution in [-0.2, 0) is 14.3 Å². The first kappa shape index (κ1) is 54.7. The maximum absolute atomic E-state index is 12.9. The van der Waals surface area contributed by atoms with Crippen LogP contribution in [0.1, 0.15) is 226 Å². The number of ether oxygens (including phenoxy) is 2. The van der Waals surface area contributed by atoms with Gasteiger partial charge in [-0.15, -0.1) is 0 Å². The van der Waals surface area contributed by atoms with Crippen LogP contribution in [0.15, 0.2) is 24.3 Å². The largest absolute Gasteiger partial charge is 0.394 e. The molecule has 58 heavy (non-hydrogen) atoms. The summed E-state index contributed by atoms with van der Waals surface area (Å²) < 4.78 is 11.2. The Morgan fingerprint density at radius 2 is 0.983 bits per heavy atom. The second-order valence-electron chi connectivity index (χ2n) is 17.3. The molecule has 0 radical (unpaired) electrons. The van der Waals surface area contributed by atoms with Crippen molar-refractivity contribution < 1.29 is 39.8 Å². The van der Waals surface area contributed by atoms with Gasteiger partial charge in [0.15, 0.2) is 6.29 Å². The van der Waals surface area contributed by atoms with E-state index < -0.39 is 49.5 Å². The molecular weight excluding hydrogens is 731 g/mol. The Hall–Kier alpha value is -1.33. The molecule has 1 fully saturated rings. The van der Waals surface area contributed by atoms with Gasteiger partial charge in [-0.05, 0) is 38.5 Å². The third kappa shape index (κ3) is 29.8. The maximum atomic E-state index is 12.9. The Morgan fingerprint density at radius 1 is 0.569 bits per heavy atom. The van der Waals surface area contributed by atoms with Crippen molar-refractivity contribution in [2.75, 3.05) is 13.2 Å². The van der Waals surface area contributed by atoms with Crippen LogP contribution in [0.5, 0.6) is 0 Å². The number of hydrogen-bond donors (Lipinski definition) is 6. The number of aliphatic hydroxyl groups is 5. The fourth-order valence-electron chi connectivity index (χ4n) is 7.78. The van der Waals surface area contributed by atoms with Gasteiger partial charge < -0.3 is 40.3 Å². The number of nitrogens with one attached hydrogen (secondary N) is 1. The molecule has 0 bridgehead atoms. The number of aliphatic hydroxyl groups excluding tert-OH is 5. The summed E-state index contributed by atoms with van der Waals surface area (Å²) in [6.45, 7) is 3.74. The number of carbonyl (C=O) groups is 1. The van der Waals surface area contributed by atoms with Crippen LogP contribution >= 0.6 is 0 Å². The van der Waals surface area contributed by atoms with Gasteiger partial charge in [0.05, 0.1) is 25.4 Å². The van der Waals surface area contributed by atoms with Crippen LogP contribution in [0.4, 0.5) is 0 Å². The first-order chi connectivity index (χ1) is 28.3. The molecule has 9 nitrogen and oxygen atoms in total. The maximum Gasteiger partial charge on any atom is 0.220 e. The lowest BCUT2D eigenvalue weighted by Gasteiger charge is -2.40. The number of hydrogen-bond acceptors (Lipinski definition) is 8. The Morgan fingerprint density at radius 3 is 1.45 bits per heavy atom. The molecule has 1 rings (SSSR count). The zero-order chi connectivity index (χ0) is 42.3. The van der Waals surface area contributed by atoms with Crippen LogP contribution in [0.3, 0.4) is 0 Å². The molecule has 342 valence electrons. The highest BCUT2D eigenvalue weighted by molar-refractivity contribution is 5.76. The lowest BCUT2D eigenvalue weighted by molar-refractivity contribution is -0.302. The number of allylic oxidation sites excluding steroid dienone is 3. The number of carbonyl (C=O) groups excluding carboxylic acids is 1. The molecule has 9 heteroatoms. The van der Waals surface area contributed by atoms with Gasteiger partial charge in [-0.25, -0.2) is 0 Å². The smallest absolute Gasteiger partial charge is 0.220 e. The molecule has 7 unspecified atom stereocenters. The molecule has 1 heterocycles. The highest BCUT2D eigenvalue weighted by atomic mass is 16.7. The molecule has 6 N–H and O–H groups in total. The predicted octanol–water partition coefficient (Wildman–Crippen LogP) is 10.7. The molecule has 7 atom stereocenters. The van der Waals surface area contributed by atoms with Crippen LogP contribution < -0.4 is 5.32 Å². The normalized spacial score (nSPS) is 21.0. The van der Waals surface area contributed by atoms with Crippen molar-refractivity contribution in [1.82, 2.24) is 5.32 Å². The summed E-state index contributed by atoms with van der Waals surface area (Å²) in [5, 5.41) is 54.2. The van der Waals surface area contributed by atoms with Gasteiger partial charge in [-0.3, -0.25) is 4.79 Å². The highest BCUT2D eigenvalue weighted by Gasteiger charge is 2.44. The monoisotopic (exact) mass is 824 g/mol. The fraction of sp³-hybridized carbons (Fsp3) is 0.898. The fourth-order valence-corrected chi connectivity index (χ4v) is 7.78. The second kappa shape index (κ2) is 39.8. The summed E-state index contributed by atoms with van der Waals surface area (Å²) in [5.74, 6) is -0.187. The zero-order valence-electron chi connectivity index (χ0n) is 37.6. The van der Waals surface area contributed by atoms with E-state index in [1.54, 1.807) is 6.08 Å². The van der Waals surface area contributed by atoms with E-state index in [0.29, 0.717) is 6.42 Å². The van der Waals surface area contributed by atoms with Crippen LogP contribution in [-0.4, -0.2) is 87.5 Å². The summed E-state index contributed by atoms with van der Waals surface area (Å²) in [7, 11) is 0. The molecule has 0 aromatic carbocycles. The highest BCUT2D eigenvalue weighted by Crippen LogP contribution is 2.23. The van der Waals surface area contributed by atoms with Crippen molar-refractivity contribution in [3.05, 3.63) is 24.3 Å². The third-order valence-corrected chi connectivity index (χ3v) is 11.8. The quantitative estimate of drug-likeness (QED) is 0.0264. The topological polar surface area (TPSA) is 149 Å². The van der Waals surface area contributed by atoms with Crippen LogP contribution in [0, 0.1) is 0 Å². The van der Waals surface area contributed by atoms with Crippen LogP contribution in [0.2, 0.25) is 0 Å². The molecule has 0 aromatic heterocycles. The third-order valence-electron chi connectivity index (χ3n) is 11.8. The zero-order valence-corrected chi connectivity index (χ0v) is 37.6. The van der Waals surface area contributed by atoms with Gasteiger partial charge in [0.1, 0.15) is 24.4 Å². The summed E-state index contributed by atoms with van der Waals surface area (Å²) in [4.78, 5) is 12.9. The summed E-state index contributed by atoms with van der Waals surface area (Å²) in [6, 6.07) is -0.805. The van der Waals surface area contributed by atoms with Crippen molar-refractivity contribution in [1.29, 1.82) is 0 Å². The van der Waals surface area contributed by atoms with E-state index in [1.165, 1.54) is 141 Å². The van der Waals surface area contributed by atoms with Crippen LogP contribution in [0.25, 0.3) is 0 Å². The van der Waals surface area contributed by atoms with E-state index in [1.807, 2.05) is 6.08 Å². The number of rotatable bonds is 41. The minimum absolute atomic E-state index is 0.187. The summed E-state index contributed by atoms with van der Waals surface area (Å²) >= 11 is 0. The Bertz CT molecular complexity index is 961. The van der Waals surface area contributed by atoms with Crippen molar-refractivity contribution in [2.24, 2.45) is 0 Å². The van der Waals surface area contributed by atoms with Gasteiger partial charge in [0, 0.05) is 6.42 Å². The second-order valence-corrected chi connectivity index (χ2v) is 17.3. The van der Waals surface area contributed by atoms with E-state index in [4.69, 9.17) is 9.47 Å². The molecule has 0 aliphatic carbocycles. The lowest BCUT2D eigenvalue weighted by Crippen LogP contribution is -2.60. The molecule has 1 amide bonds. The van der Waals surface area contributed by atoms with Crippen molar-refractivity contribution in [3.63, 3.8) is 0 Å². The van der Waals surface area contributed by atoms with Crippen molar-refractivity contribution in [3.8, 4) is 0 Å². The molecule has 1 saturated heterocycles. The SMILES string of the molecule is CCCC/C=C\CCCCCCCC(=O)NC(COC1OC(CO)C(O)C(O)C1O)C(O)/C=C/CCCCCCCCCCCCCCCCCCCCCCCC. The van der Waals surface area contributed by atoms with E-state index in [2.05, 4.69) is 31.3 Å². The van der Waals surface area contributed by atoms with Gasteiger partial charge in [0.2, 0.25) is 5.91 Å². The molecule has 0 spiro atoms. The Balaban J connectivity index is 2.26. The number of amides is 1. The van der Waals surface area contributed by atoms with Crippen molar-refractivity contribution >= 4 is 5.91 Å². The molecular formula is C49H93NO8. The van der Waals surface area contributed by atoms with E-state index in [0.717, 1.165) is 64.2 Å². The predicted molar refractivity (Wildman–Crippen MR) is 240 cm³/mol. The van der Waals surface area contributed by atoms with E-state index >= 15 is 0 Å². The lowest BCUT2D eigenvalue weighted by atomic mass is 9.99. The summed E-state index contributed by atoms with van der Waals surface area (Å²) in [5.41, 5.74) is 0. The van der Waals surface area contributed by atoms with Gasteiger partial charge >= 0.3 is 0 Å². The minimum Gasteiger partial charge on any atom is -0.394 e. The van der Waals surface area contributed by atoms with E-state index in [9.17, 15) is 30.3 Å². The first-order valence-corrected chi connectivity index (χ1v) is 24.6. The Kier molecular flexibility index (Phi) is 37.5. The van der Waals surface area contributed by atoms with E-state index in [-0.39, 0.29) is 12.5 Å². The molecule has 0 aromatic rings. The average Bonchev–Trinajstić information content (AvgIpc) is 3.22. The Labute approximate surface area is 356 Å². The van der Waals surface area contributed by atoms with Crippen molar-refractivity contribution in [2.45, 2.75) is 269 Å². The molecule has 0 saturated carbocycles. The first-order valence-electron chi connectivity index (χ1n) is 24.6. The van der Waals surface area contributed by atoms with Gasteiger partial charge in [-0.1, -0.05) is 205 Å². The number of unbranched alkanes of at least 4 members (excludes halogenated alkanes) is 29. The molecule has 1 aliphatic heterocycles. The minimum atomic E-state index is -1.57. The van der Waals surface area contributed by atoms with Gasteiger partial charge in [-0.2, -0.15) is 0 Å². The standard InChI is InChI=1S/C49H93NO8/c1-3-5-7-9-11-13-15-16-17-18-19-20-21-22-23-24-25-26-27-29-30-32-34-36-38-43(52)42(41-57-49-48(56)47(55)46(54)44(40-51)58-49)50-45(53)39-37-35-33-31-28-14-12-10-8-6-4-2/h10,12,36,38,42-44,46-49,51-52,54-56H,3-9,11,13-35,37,39-41H2,1-2H3,(H,50,53)/b12-10-,38-36+. The average molecular weight is 824 g/mol. The van der Waals surface area contributed by atoms with Gasteiger partial charge in [0.25, 0.3) is 0 Å².